The van der Waals surface area contributed by atoms with Crippen LogP contribution in [0.3, 0.4) is 0 Å². The predicted octanol–water partition coefficient (Wildman–Crippen LogP) is 3.10. The standard InChI is InChI=1S/C15H23FN2/c1-3-5-14-11-18(7-4-6-17-14)15-9-12(2)8-13(16)10-15/h8-10,14,17H,3-7,11H2,1-2H3. The molecule has 100 valence electrons. The molecule has 1 aliphatic rings. The Morgan fingerprint density at radius 1 is 1.39 bits per heavy atom. The van der Waals surface area contributed by atoms with Gasteiger partial charge < -0.3 is 10.2 Å². The van der Waals surface area contributed by atoms with Gasteiger partial charge in [-0.15, -0.1) is 0 Å². The van der Waals surface area contributed by atoms with Crippen LogP contribution in [0.4, 0.5) is 10.1 Å². The highest BCUT2D eigenvalue weighted by Crippen LogP contribution is 2.20. The second-order valence-electron chi connectivity index (χ2n) is 5.23. The molecular weight excluding hydrogens is 227 g/mol. The molecule has 1 aromatic carbocycles. The van der Waals surface area contributed by atoms with E-state index in [4.69, 9.17) is 0 Å². The highest BCUT2D eigenvalue weighted by Gasteiger charge is 2.17. The van der Waals surface area contributed by atoms with Gasteiger partial charge in [0.15, 0.2) is 0 Å². The summed E-state index contributed by atoms with van der Waals surface area (Å²) in [6.45, 7) is 7.22. The minimum Gasteiger partial charge on any atom is -0.370 e. The van der Waals surface area contributed by atoms with Crippen molar-refractivity contribution in [3.8, 4) is 0 Å². The second-order valence-corrected chi connectivity index (χ2v) is 5.23. The molecule has 0 aliphatic carbocycles. The first kappa shape index (κ1) is 13.3. The van der Waals surface area contributed by atoms with Gasteiger partial charge in [-0.2, -0.15) is 0 Å². The molecule has 0 bridgehead atoms. The van der Waals surface area contributed by atoms with Crippen LogP contribution in [0.1, 0.15) is 31.7 Å². The maximum Gasteiger partial charge on any atom is 0.125 e. The lowest BCUT2D eigenvalue weighted by atomic mass is 10.1. The third-order valence-corrected chi connectivity index (χ3v) is 3.51. The average molecular weight is 250 g/mol. The van der Waals surface area contributed by atoms with Gasteiger partial charge in [-0.1, -0.05) is 13.3 Å². The molecule has 2 rings (SSSR count). The quantitative estimate of drug-likeness (QED) is 0.886. The molecular formula is C15H23FN2. The van der Waals surface area contributed by atoms with Crippen molar-refractivity contribution in [3.05, 3.63) is 29.6 Å². The zero-order chi connectivity index (χ0) is 13.0. The molecule has 0 spiro atoms. The van der Waals surface area contributed by atoms with Gasteiger partial charge in [0.05, 0.1) is 0 Å². The number of hydrogen-bond donors (Lipinski definition) is 1. The Balaban J connectivity index is 2.14. The Kier molecular flexibility index (Phi) is 4.59. The zero-order valence-electron chi connectivity index (χ0n) is 11.4. The van der Waals surface area contributed by atoms with Crippen LogP contribution < -0.4 is 10.2 Å². The summed E-state index contributed by atoms with van der Waals surface area (Å²) >= 11 is 0. The normalized spacial score (nSPS) is 20.8. The zero-order valence-corrected chi connectivity index (χ0v) is 11.4. The summed E-state index contributed by atoms with van der Waals surface area (Å²) in [7, 11) is 0. The number of nitrogens with zero attached hydrogens (tertiary/aromatic N) is 1. The number of anilines is 1. The number of rotatable bonds is 3. The van der Waals surface area contributed by atoms with E-state index in [9.17, 15) is 4.39 Å². The van der Waals surface area contributed by atoms with E-state index in [1.807, 2.05) is 6.92 Å². The number of benzene rings is 1. The van der Waals surface area contributed by atoms with E-state index in [1.165, 1.54) is 12.8 Å². The first-order valence-electron chi connectivity index (χ1n) is 6.94. The fraction of sp³-hybridized carbons (Fsp3) is 0.600. The Labute approximate surface area is 109 Å². The number of hydrogen-bond acceptors (Lipinski definition) is 2. The van der Waals surface area contributed by atoms with Crippen molar-refractivity contribution in [3.63, 3.8) is 0 Å². The van der Waals surface area contributed by atoms with Gasteiger partial charge in [-0.25, -0.2) is 4.39 Å². The third kappa shape index (κ3) is 3.45. The minimum atomic E-state index is -0.130. The molecule has 0 amide bonds. The van der Waals surface area contributed by atoms with Gasteiger partial charge in [0, 0.05) is 24.8 Å². The second kappa shape index (κ2) is 6.19. The molecule has 2 nitrogen and oxygen atoms in total. The topological polar surface area (TPSA) is 15.3 Å². The summed E-state index contributed by atoms with van der Waals surface area (Å²) in [5.41, 5.74) is 2.02. The first-order chi connectivity index (χ1) is 8.69. The largest absolute Gasteiger partial charge is 0.370 e. The fourth-order valence-electron chi connectivity index (χ4n) is 2.67. The van der Waals surface area contributed by atoms with Crippen molar-refractivity contribution in [2.24, 2.45) is 0 Å². The van der Waals surface area contributed by atoms with Crippen LogP contribution in [0.2, 0.25) is 0 Å². The molecule has 0 saturated carbocycles. The van der Waals surface area contributed by atoms with Crippen molar-refractivity contribution in [2.45, 2.75) is 39.2 Å². The Morgan fingerprint density at radius 2 is 2.22 bits per heavy atom. The summed E-state index contributed by atoms with van der Waals surface area (Å²) in [6.07, 6.45) is 3.49. The van der Waals surface area contributed by atoms with Crippen molar-refractivity contribution < 1.29 is 4.39 Å². The third-order valence-electron chi connectivity index (χ3n) is 3.51. The van der Waals surface area contributed by atoms with Crippen LogP contribution in [-0.2, 0) is 0 Å². The van der Waals surface area contributed by atoms with Crippen LogP contribution in [0.25, 0.3) is 0 Å². The molecule has 1 N–H and O–H groups in total. The number of halogens is 1. The van der Waals surface area contributed by atoms with Crippen molar-refractivity contribution in [1.29, 1.82) is 0 Å². The van der Waals surface area contributed by atoms with Crippen molar-refractivity contribution >= 4 is 5.69 Å². The molecule has 0 radical (unpaired) electrons. The van der Waals surface area contributed by atoms with Crippen LogP contribution in [-0.4, -0.2) is 25.7 Å². The molecule has 0 aromatic heterocycles. The molecule has 1 fully saturated rings. The van der Waals surface area contributed by atoms with Gasteiger partial charge in [-0.3, -0.25) is 0 Å². The summed E-state index contributed by atoms with van der Waals surface area (Å²) in [5, 5.41) is 3.58. The lowest BCUT2D eigenvalue weighted by Gasteiger charge is -2.26. The van der Waals surface area contributed by atoms with Crippen LogP contribution >= 0.6 is 0 Å². The van der Waals surface area contributed by atoms with Crippen molar-refractivity contribution in [2.75, 3.05) is 24.5 Å². The molecule has 1 atom stereocenters. The summed E-state index contributed by atoms with van der Waals surface area (Å²) in [5.74, 6) is -0.130. The van der Waals surface area contributed by atoms with Gasteiger partial charge in [0.25, 0.3) is 0 Å². The Morgan fingerprint density at radius 3 is 2.94 bits per heavy atom. The van der Waals surface area contributed by atoms with Crippen LogP contribution in [0.15, 0.2) is 18.2 Å². The predicted molar refractivity (Wildman–Crippen MR) is 74.7 cm³/mol. The van der Waals surface area contributed by atoms with E-state index in [2.05, 4.69) is 23.2 Å². The van der Waals surface area contributed by atoms with Gasteiger partial charge in [0.1, 0.15) is 5.82 Å². The number of aryl methyl sites for hydroxylation is 1. The van der Waals surface area contributed by atoms with Gasteiger partial charge in [-0.05, 0) is 50.1 Å². The average Bonchev–Trinajstić information content (AvgIpc) is 2.54. The van der Waals surface area contributed by atoms with Gasteiger partial charge >= 0.3 is 0 Å². The SMILES string of the molecule is CCCC1CN(c2cc(C)cc(F)c2)CCCN1. The summed E-state index contributed by atoms with van der Waals surface area (Å²) in [4.78, 5) is 2.32. The molecule has 1 aromatic rings. The lowest BCUT2D eigenvalue weighted by Crippen LogP contribution is -2.37. The van der Waals surface area contributed by atoms with Gasteiger partial charge in [0.2, 0.25) is 0 Å². The van der Waals surface area contributed by atoms with E-state index in [1.54, 1.807) is 12.1 Å². The van der Waals surface area contributed by atoms with Crippen LogP contribution in [0, 0.1) is 12.7 Å². The number of nitrogens with one attached hydrogen (secondary N) is 1. The Bertz CT molecular complexity index is 372. The van der Waals surface area contributed by atoms with E-state index < -0.39 is 0 Å². The summed E-state index contributed by atoms with van der Waals surface area (Å²) in [6, 6.07) is 5.85. The summed E-state index contributed by atoms with van der Waals surface area (Å²) < 4.78 is 13.5. The molecule has 1 unspecified atom stereocenters. The molecule has 1 saturated heterocycles. The lowest BCUT2D eigenvalue weighted by molar-refractivity contribution is 0.502. The van der Waals surface area contributed by atoms with E-state index >= 15 is 0 Å². The maximum absolute atomic E-state index is 13.5. The molecule has 18 heavy (non-hydrogen) atoms. The smallest absolute Gasteiger partial charge is 0.125 e. The highest BCUT2D eigenvalue weighted by atomic mass is 19.1. The molecule has 3 heteroatoms. The Hall–Kier alpha value is -1.09. The van der Waals surface area contributed by atoms with E-state index in [0.717, 1.165) is 37.3 Å². The monoisotopic (exact) mass is 250 g/mol. The van der Waals surface area contributed by atoms with E-state index in [-0.39, 0.29) is 5.82 Å². The molecule has 1 heterocycles. The highest BCUT2D eigenvalue weighted by molar-refractivity contribution is 5.49. The maximum atomic E-state index is 13.5. The fourth-order valence-corrected chi connectivity index (χ4v) is 2.67. The first-order valence-corrected chi connectivity index (χ1v) is 6.94. The van der Waals surface area contributed by atoms with Crippen molar-refractivity contribution in [1.82, 2.24) is 5.32 Å². The minimum absolute atomic E-state index is 0.130. The molecule has 1 aliphatic heterocycles. The van der Waals surface area contributed by atoms with Crippen LogP contribution in [0.5, 0.6) is 0 Å². The van der Waals surface area contributed by atoms with E-state index in [0.29, 0.717) is 6.04 Å².